The van der Waals surface area contributed by atoms with Crippen molar-refractivity contribution >= 4 is 17.4 Å². The van der Waals surface area contributed by atoms with Gasteiger partial charge in [0.2, 0.25) is 0 Å². The Kier molecular flexibility index (Phi) is 5.03. The zero-order valence-corrected chi connectivity index (χ0v) is 17.3. The fraction of sp³-hybridized carbons (Fsp3) is 0.318. The van der Waals surface area contributed by atoms with Crippen LogP contribution in [0.3, 0.4) is 0 Å². The van der Waals surface area contributed by atoms with Gasteiger partial charge in [-0.15, -0.1) is 0 Å². The molecule has 0 spiro atoms. The van der Waals surface area contributed by atoms with Gasteiger partial charge in [-0.2, -0.15) is 5.10 Å². The quantitative estimate of drug-likeness (QED) is 0.692. The number of carbonyl (C=O) groups is 1. The first-order chi connectivity index (χ1) is 14.2. The van der Waals surface area contributed by atoms with Crippen LogP contribution in [-0.2, 0) is 7.05 Å². The van der Waals surface area contributed by atoms with Crippen LogP contribution in [-0.4, -0.2) is 39.3 Å². The summed E-state index contributed by atoms with van der Waals surface area (Å²) in [6.45, 7) is 5.11. The van der Waals surface area contributed by atoms with E-state index in [0.29, 0.717) is 41.3 Å². The molecule has 0 saturated carbocycles. The SMILES string of the molecule is Cc1cc(F)cc(-c2cncc(C(=O)Nc3ccn(C)n3)c2N2CC[C@](C)(N)C2)c1. The van der Waals surface area contributed by atoms with E-state index >= 15 is 0 Å². The summed E-state index contributed by atoms with van der Waals surface area (Å²) in [5, 5.41) is 7.03. The smallest absolute Gasteiger partial charge is 0.260 e. The zero-order valence-electron chi connectivity index (χ0n) is 17.3. The Morgan fingerprint density at radius 2 is 2.10 bits per heavy atom. The number of nitrogens with two attached hydrogens (primary N) is 1. The average molecular weight is 408 g/mol. The number of rotatable bonds is 4. The molecule has 1 aliphatic rings. The largest absolute Gasteiger partial charge is 0.368 e. The second-order valence-corrected chi connectivity index (χ2v) is 8.25. The molecule has 1 aliphatic heterocycles. The summed E-state index contributed by atoms with van der Waals surface area (Å²) < 4.78 is 15.8. The van der Waals surface area contributed by atoms with Crippen molar-refractivity contribution in [3.05, 3.63) is 59.8 Å². The molecule has 7 nitrogen and oxygen atoms in total. The Hall–Kier alpha value is -3.26. The van der Waals surface area contributed by atoms with Gasteiger partial charge in [-0.05, 0) is 43.5 Å². The third kappa shape index (κ3) is 4.04. The van der Waals surface area contributed by atoms with Gasteiger partial charge in [0, 0.05) is 55.9 Å². The Labute approximate surface area is 174 Å². The number of aromatic nitrogens is 3. The molecule has 1 saturated heterocycles. The van der Waals surface area contributed by atoms with E-state index in [1.807, 2.05) is 19.9 Å². The van der Waals surface area contributed by atoms with E-state index in [1.165, 1.54) is 18.3 Å². The summed E-state index contributed by atoms with van der Waals surface area (Å²) in [7, 11) is 1.78. The Morgan fingerprint density at radius 1 is 1.30 bits per heavy atom. The molecular formula is C22H25FN6O. The van der Waals surface area contributed by atoms with Crippen LogP contribution >= 0.6 is 0 Å². The highest BCUT2D eigenvalue weighted by atomic mass is 19.1. The third-order valence-electron chi connectivity index (χ3n) is 5.29. The molecule has 8 heteroatoms. The first kappa shape index (κ1) is 20.0. The number of amides is 1. The molecule has 0 aliphatic carbocycles. The highest BCUT2D eigenvalue weighted by Gasteiger charge is 2.33. The Bertz CT molecular complexity index is 1090. The number of hydrogen-bond acceptors (Lipinski definition) is 5. The Balaban J connectivity index is 1.82. The summed E-state index contributed by atoms with van der Waals surface area (Å²) in [6, 6.07) is 6.55. The maximum absolute atomic E-state index is 14.2. The van der Waals surface area contributed by atoms with Gasteiger partial charge in [0.15, 0.2) is 5.82 Å². The van der Waals surface area contributed by atoms with Crippen LogP contribution in [0.5, 0.6) is 0 Å². The van der Waals surface area contributed by atoms with Crippen LogP contribution in [0.1, 0.15) is 29.3 Å². The number of pyridine rings is 1. The van der Waals surface area contributed by atoms with Crippen molar-refractivity contribution in [1.29, 1.82) is 0 Å². The minimum absolute atomic E-state index is 0.322. The van der Waals surface area contributed by atoms with Gasteiger partial charge >= 0.3 is 0 Å². The predicted octanol–water partition coefficient (Wildman–Crippen LogP) is 3.11. The van der Waals surface area contributed by atoms with Gasteiger partial charge in [-0.3, -0.25) is 14.5 Å². The van der Waals surface area contributed by atoms with Crippen molar-refractivity contribution < 1.29 is 9.18 Å². The van der Waals surface area contributed by atoms with Crippen molar-refractivity contribution in [2.24, 2.45) is 12.8 Å². The molecule has 0 bridgehead atoms. The number of benzene rings is 1. The summed E-state index contributed by atoms with van der Waals surface area (Å²) in [5.41, 5.74) is 9.27. The van der Waals surface area contributed by atoms with E-state index in [9.17, 15) is 9.18 Å². The van der Waals surface area contributed by atoms with E-state index in [0.717, 1.165) is 12.0 Å². The van der Waals surface area contributed by atoms with Gasteiger partial charge in [0.05, 0.1) is 11.3 Å². The van der Waals surface area contributed by atoms with Crippen molar-refractivity contribution in [3.8, 4) is 11.1 Å². The van der Waals surface area contributed by atoms with Crippen LogP contribution < -0.4 is 16.0 Å². The number of halogens is 1. The maximum atomic E-state index is 14.2. The van der Waals surface area contributed by atoms with E-state index in [-0.39, 0.29) is 17.3 Å². The van der Waals surface area contributed by atoms with Gasteiger partial charge in [-0.1, -0.05) is 6.07 Å². The molecule has 30 heavy (non-hydrogen) atoms. The lowest BCUT2D eigenvalue weighted by molar-refractivity contribution is 0.102. The molecular weight excluding hydrogens is 383 g/mol. The van der Waals surface area contributed by atoms with E-state index in [4.69, 9.17) is 5.73 Å². The lowest BCUT2D eigenvalue weighted by atomic mass is 9.99. The van der Waals surface area contributed by atoms with E-state index in [1.54, 1.807) is 30.2 Å². The molecule has 0 radical (unpaired) electrons. The molecule has 156 valence electrons. The lowest BCUT2D eigenvalue weighted by Gasteiger charge is -2.26. The number of anilines is 2. The number of nitrogens with one attached hydrogen (secondary N) is 1. The van der Waals surface area contributed by atoms with Crippen LogP contribution in [0.15, 0.2) is 42.9 Å². The second-order valence-electron chi connectivity index (χ2n) is 8.25. The van der Waals surface area contributed by atoms with Crippen molar-refractivity contribution in [2.45, 2.75) is 25.8 Å². The van der Waals surface area contributed by atoms with Crippen molar-refractivity contribution in [2.75, 3.05) is 23.3 Å². The molecule has 0 unspecified atom stereocenters. The number of carbonyl (C=O) groups excluding carboxylic acids is 1. The molecule has 3 aromatic rings. The van der Waals surface area contributed by atoms with Crippen LogP contribution in [0.2, 0.25) is 0 Å². The number of hydrogen-bond donors (Lipinski definition) is 2. The summed E-state index contributed by atoms with van der Waals surface area (Å²) in [6.07, 6.45) is 5.75. The predicted molar refractivity (Wildman–Crippen MR) is 115 cm³/mol. The number of nitrogens with zero attached hydrogens (tertiary/aromatic N) is 4. The fourth-order valence-corrected chi connectivity index (χ4v) is 3.90. The van der Waals surface area contributed by atoms with Crippen molar-refractivity contribution in [1.82, 2.24) is 14.8 Å². The highest BCUT2D eigenvalue weighted by Crippen LogP contribution is 2.37. The minimum atomic E-state index is -0.368. The maximum Gasteiger partial charge on any atom is 0.260 e. The average Bonchev–Trinajstić information content (AvgIpc) is 3.24. The van der Waals surface area contributed by atoms with Gasteiger partial charge < -0.3 is 16.0 Å². The molecule has 1 atom stereocenters. The van der Waals surface area contributed by atoms with Gasteiger partial charge in [0.25, 0.3) is 5.91 Å². The molecule has 4 rings (SSSR count). The van der Waals surface area contributed by atoms with Crippen LogP contribution in [0.25, 0.3) is 11.1 Å². The Morgan fingerprint density at radius 3 is 2.73 bits per heavy atom. The first-order valence-electron chi connectivity index (χ1n) is 9.82. The minimum Gasteiger partial charge on any atom is -0.368 e. The molecule has 3 heterocycles. The molecule has 3 N–H and O–H groups in total. The third-order valence-corrected chi connectivity index (χ3v) is 5.29. The van der Waals surface area contributed by atoms with Gasteiger partial charge in [-0.25, -0.2) is 4.39 Å². The van der Waals surface area contributed by atoms with E-state index in [2.05, 4.69) is 20.3 Å². The van der Waals surface area contributed by atoms with Crippen LogP contribution in [0, 0.1) is 12.7 Å². The second kappa shape index (κ2) is 7.53. The molecule has 1 fully saturated rings. The highest BCUT2D eigenvalue weighted by molar-refractivity contribution is 6.09. The standard InChI is InChI=1S/C22H25FN6O/c1-14-8-15(10-16(23)9-14)17-11-25-12-18(20(17)29-7-5-22(2,24)13-29)21(30)26-19-4-6-28(3)27-19/h4,6,8-12H,5,7,13,24H2,1-3H3,(H,26,27,30)/t22-/m0/s1. The summed E-state index contributed by atoms with van der Waals surface area (Å²) in [5.74, 6) is -0.202. The summed E-state index contributed by atoms with van der Waals surface area (Å²) >= 11 is 0. The van der Waals surface area contributed by atoms with Crippen LogP contribution in [0.4, 0.5) is 15.9 Å². The molecule has 1 aromatic carbocycles. The molecule has 2 aromatic heterocycles. The summed E-state index contributed by atoms with van der Waals surface area (Å²) in [4.78, 5) is 19.5. The first-order valence-corrected chi connectivity index (χ1v) is 9.82. The normalized spacial score (nSPS) is 18.6. The van der Waals surface area contributed by atoms with E-state index < -0.39 is 0 Å². The monoisotopic (exact) mass is 408 g/mol. The lowest BCUT2D eigenvalue weighted by Crippen LogP contribution is -2.39. The van der Waals surface area contributed by atoms with Crippen molar-refractivity contribution in [3.63, 3.8) is 0 Å². The molecule has 1 amide bonds. The fourth-order valence-electron chi connectivity index (χ4n) is 3.90. The zero-order chi connectivity index (χ0) is 21.5. The topological polar surface area (TPSA) is 89.1 Å². The van der Waals surface area contributed by atoms with Gasteiger partial charge in [0.1, 0.15) is 5.82 Å². The number of aryl methyl sites for hydroxylation is 2.